The minimum Gasteiger partial charge on any atom is -0.465 e. The molecule has 6 nitrogen and oxygen atoms in total. The number of rotatable bonds is 6. The number of nitrogens with zero attached hydrogens (tertiary/aromatic N) is 1. The van der Waals surface area contributed by atoms with E-state index >= 15 is 0 Å². The molecule has 136 valence electrons. The van der Waals surface area contributed by atoms with Gasteiger partial charge in [-0.25, -0.2) is 0 Å². The Morgan fingerprint density at radius 1 is 1.27 bits per heavy atom. The molecule has 1 N–H and O–H groups in total. The normalized spacial score (nSPS) is 18.7. The molecular weight excluding hydrogens is 378 g/mol. The van der Waals surface area contributed by atoms with E-state index in [1.807, 2.05) is 0 Å². The molecule has 0 saturated carbocycles. The Morgan fingerprint density at radius 3 is 2.65 bits per heavy atom. The van der Waals surface area contributed by atoms with E-state index in [4.69, 9.17) is 16.3 Å². The molecule has 0 aliphatic carbocycles. The van der Waals surface area contributed by atoms with Gasteiger partial charge in [0, 0.05) is 5.56 Å². The third-order valence-corrected chi connectivity index (χ3v) is 5.37. The summed E-state index contributed by atoms with van der Waals surface area (Å²) in [5.41, 5.74) is -1.34. The van der Waals surface area contributed by atoms with Gasteiger partial charge in [-0.3, -0.25) is 19.3 Å². The summed E-state index contributed by atoms with van der Waals surface area (Å²) in [6.45, 7) is 1.52. The number of hydrogen-bond acceptors (Lipinski definition) is 6. The number of hydrogen-bond donors (Lipinski definition) is 1. The maximum atomic E-state index is 12.9. The summed E-state index contributed by atoms with van der Waals surface area (Å²) in [6.07, 6.45) is -0.432. The molecule has 2 heterocycles. The van der Waals surface area contributed by atoms with Crippen molar-refractivity contribution in [2.24, 2.45) is 0 Å². The van der Waals surface area contributed by atoms with E-state index in [0.29, 0.717) is 20.5 Å². The zero-order valence-corrected chi connectivity index (χ0v) is 15.5. The van der Waals surface area contributed by atoms with Crippen molar-refractivity contribution >= 4 is 46.3 Å². The Bertz CT molecular complexity index is 880. The van der Waals surface area contributed by atoms with Crippen molar-refractivity contribution in [3.05, 3.63) is 51.2 Å². The van der Waals surface area contributed by atoms with Gasteiger partial charge >= 0.3 is 5.97 Å². The molecule has 0 saturated heterocycles. The van der Waals surface area contributed by atoms with E-state index in [1.54, 1.807) is 43.3 Å². The van der Waals surface area contributed by atoms with Crippen molar-refractivity contribution in [2.75, 3.05) is 18.1 Å². The summed E-state index contributed by atoms with van der Waals surface area (Å²) >= 11 is 6.94. The molecule has 1 aliphatic heterocycles. The summed E-state index contributed by atoms with van der Waals surface area (Å²) in [7, 11) is 0. The second-order valence-electron chi connectivity index (χ2n) is 5.78. The molecule has 0 unspecified atom stereocenters. The summed E-state index contributed by atoms with van der Waals surface area (Å²) in [5, 5.41) is 11.1. The van der Waals surface area contributed by atoms with E-state index in [1.165, 1.54) is 0 Å². The monoisotopic (exact) mass is 393 g/mol. The van der Waals surface area contributed by atoms with Gasteiger partial charge in [-0.15, -0.1) is 11.3 Å². The molecule has 1 aromatic carbocycles. The fourth-order valence-corrected chi connectivity index (χ4v) is 3.93. The first-order valence-corrected chi connectivity index (χ1v) is 9.14. The zero-order valence-electron chi connectivity index (χ0n) is 13.9. The van der Waals surface area contributed by atoms with E-state index in [-0.39, 0.29) is 13.2 Å². The highest BCUT2D eigenvalue weighted by molar-refractivity contribution is 7.18. The number of thiophene rings is 1. The van der Waals surface area contributed by atoms with E-state index in [0.717, 1.165) is 16.2 Å². The van der Waals surface area contributed by atoms with Gasteiger partial charge in [-0.2, -0.15) is 0 Å². The van der Waals surface area contributed by atoms with Gasteiger partial charge in [0.2, 0.25) is 0 Å². The summed E-state index contributed by atoms with van der Waals surface area (Å²) in [5.74, 6) is -1.70. The van der Waals surface area contributed by atoms with Gasteiger partial charge < -0.3 is 9.84 Å². The smallest absolute Gasteiger partial charge is 0.326 e. The Balaban J connectivity index is 1.92. The molecule has 1 aromatic heterocycles. The molecule has 1 atom stereocenters. The lowest BCUT2D eigenvalue weighted by Gasteiger charge is -2.22. The van der Waals surface area contributed by atoms with Crippen molar-refractivity contribution in [1.82, 2.24) is 0 Å². The third-order valence-electron chi connectivity index (χ3n) is 4.10. The number of fused-ring (bicyclic) bond motifs is 1. The number of Topliss-reactive ketones (excluding diaryl/α,β-unsaturated/α-hetero) is 1. The highest BCUT2D eigenvalue weighted by Gasteiger charge is 2.51. The Labute approximate surface area is 158 Å². The zero-order chi connectivity index (χ0) is 18.9. The number of carbonyl (C=O) groups is 3. The highest BCUT2D eigenvalue weighted by atomic mass is 35.5. The summed E-state index contributed by atoms with van der Waals surface area (Å²) in [6, 6.07) is 9.69. The maximum Gasteiger partial charge on any atom is 0.326 e. The van der Waals surface area contributed by atoms with Crippen LogP contribution in [0.4, 0.5) is 5.69 Å². The minimum absolute atomic E-state index is 0.185. The number of esters is 1. The van der Waals surface area contributed by atoms with Gasteiger partial charge in [-0.1, -0.05) is 29.8 Å². The number of aliphatic hydroxyl groups is 1. The van der Waals surface area contributed by atoms with Crippen LogP contribution in [0.3, 0.4) is 0 Å². The lowest BCUT2D eigenvalue weighted by atomic mass is 9.89. The maximum absolute atomic E-state index is 12.9. The molecule has 3 rings (SSSR count). The second-order valence-corrected chi connectivity index (χ2v) is 7.49. The molecule has 0 fully saturated rings. The standard InChI is InChI=1S/C18H16ClNO5S/c1-2-25-16(22)10-20-12-6-4-3-5-11(12)18(24,17(20)23)9-13(21)14-7-8-15(19)26-14/h3-8,24H,2,9-10H2,1H3/t18-/m1/s1. The van der Waals surface area contributed by atoms with Crippen LogP contribution in [0.5, 0.6) is 0 Å². The van der Waals surface area contributed by atoms with E-state index in [2.05, 4.69) is 0 Å². The van der Waals surface area contributed by atoms with Gasteiger partial charge in [0.15, 0.2) is 11.4 Å². The molecular formula is C18H16ClNO5S. The molecule has 8 heteroatoms. The number of ketones is 1. The van der Waals surface area contributed by atoms with Crippen molar-refractivity contribution in [2.45, 2.75) is 18.9 Å². The number of ether oxygens (including phenoxy) is 1. The second kappa shape index (κ2) is 7.19. The van der Waals surface area contributed by atoms with Crippen LogP contribution in [0.2, 0.25) is 4.34 Å². The Hall–Kier alpha value is -2.22. The van der Waals surface area contributed by atoms with Gasteiger partial charge in [0.25, 0.3) is 5.91 Å². The van der Waals surface area contributed by atoms with Crippen LogP contribution in [-0.2, 0) is 19.9 Å². The van der Waals surface area contributed by atoms with Crippen LogP contribution >= 0.6 is 22.9 Å². The quantitative estimate of drug-likeness (QED) is 0.602. The SMILES string of the molecule is CCOC(=O)CN1C(=O)[C@@](O)(CC(=O)c2ccc(Cl)s2)c2ccccc21. The van der Waals surface area contributed by atoms with Crippen LogP contribution in [0.25, 0.3) is 0 Å². The van der Waals surface area contributed by atoms with Crippen LogP contribution < -0.4 is 4.90 Å². The van der Waals surface area contributed by atoms with Crippen molar-refractivity contribution < 1.29 is 24.2 Å². The van der Waals surface area contributed by atoms with Crippen LogP contribution in [0.1, 0.15) is 28.6 Å². The lowest BCUT2D eigenvalue weighted by molar-refractivity contribution is -0.144. The van der Waals surface area contributed by atoms with Crippen LogP contribution in [-0.4, -0.2) is 35.9 Å². The first-order chi connectivity index (χ1) is 12.4. The molecule has 26 heavy (non-hydrogen) atoms. The molecule has 1 aliphatic rings. The predicted octanol–water partition coefficient (Wildman–Crippen LogP) is 2.77. The molecule has 0 bridgehead atoms. The highest BCUT2D eigenvalue weighted by Crippen LogP contribution is 2.43. The largest absolute Gasteiger partial charge is 0.465 e. The fourth-order valence-electron chi connectivity index (χ4n) is 2.95. The Morgan fingerprint density at radius 2 is 2.00 bits per heavy atom. The summed E-state index contributed by atoms with van der Waals surface area (Å²) in [4.78, 5) is 38.8. The average Bonchev–Trinajstić information content (AvgIpc) is 3.12. The van der Waals surface area contributed by atoms with Crippen LogP contribution in [0, 0.1) is 0 Å². The van der Waals surface area contributed by atoms with Gasteiger partial charge in [0.1, 0.15) is 6.54 Å². The van der Waals surface area contributed by atoms with Crippen LogP contribution in [0.15, 0.2) is 36.4 Å². The number of benzene rings is 1. The van der Waals surface area contributed by atoms with Gasteiger partial charge in [-0.05, 0) is 25.1 Å². The van der Waals surface area contributed by atoms with E-state index in [9.17, 15) is 19.5 Å². The first kappa shape index (κ1) is 18.6. The van der Waals surface area contributed by atoms with Crippen molar-refractivity contribution in [3.63, 3.8) is 0 Å². The predicted molar refractivity (Wildman–Crippen MR) is 97.6 cm³/mol. The summed E-state index contributed by atoms with van der Waals surface area (Å²) < 4.78 is 5.34. The average molecular weight is 394 g/mol. The number of para-hydroxylation sites is 1. The number of anilines is 1. The number of halogens is 1. The molecule has 1 amide bonds. The number of carbonyl (C=O) groups excluding carboxylic acids is 3. The van der Waals surface area contributed by atoms with Gasteiger partial charge in [0.05, 0.1) is 27.9 Å². The van der Waals surface area contributed by atoms with E-state index < -0.39 is 29.7 Å². The lowest BCUT2D eigenvalue weighted by Crippen LogP contribution is -2.43. The Kier molecular flexibility index (Phi) is 5.13. The molecule has 2 aromatic rings. The topological polar surface area (TPSA) is 83.9 Å². The molecule has 0 spiro atoms. The fraction of sp³-hybridized carbons (Fsp3) is 0.278. The van der Waals surface area contributed by atoms with Crippen molar-refractivity contribution in [1.29, 1.82) is 0 Å². The number of amides is 1. The third kappa shape index (κ3) is 3.25. The minimum atomic E-state index is -2.03. The van der Waals surface area contributed by atoms with Crippen molar-refractivity contribution in [3.8, 4) is 0 Å². The molecule has 0 radical (unpaired) electrons. The first-order valence-electron chi connectivity index (χ1n) is 7.95.